The molecule has 6 heteroatoms. The summed E-state index contributed by atoms with van der Waals surface area (Å²) in [5.74, 6) is 3.34. The lowest BCUT2D eigenvalue weighted by Crippen LogP contribution is -2.68. The molecule has 6 aliphatic carbocycles. The Morgan fingerprint density at radius 3 is 2.24 bits per heavy atom. The number of allylic oxidation sites excluding steroid dienone is 5. The van der Waals surface area contributed by atoms with E-state index in [1.807, 2.05) is 0 Å². The van der Waals surface area contributed by atoms with Crippen LogP contribution in [0.2, 0.25) is 0 Å². The van der Waals surface area contributed by atoms with Crippen molar-refractivity contribution in [2.45, 2.75) is 155 Å². The number of piperidine rings is 1. The van der Waals surface area contributed by atoms with Gasteiger partial charge < -0.3 is 10.2 Å². The Bertz CT molecular complexity index is 1520. The van der Waals surface area contributed by atoms with E-state index in [2.05, 4.69) is 70.5 Å². The van der Waals surface area contributed by atoms with Crippen molar-refractivity contribution in [3.05, 3.63) is 35.5 Å². The summed E-state index contributed by atoms with van der Waals surface area (Å²) in [6.45, 7) is 25.7. The van der Waals surface area contributed by atoms with Crippen molar-refractivity contribution in [1.82, 2.24) is 10.2 Å². The fraction of sp³-hybridized carbons (Fsp3) is 0.864. The average molecular weight is 711 g/mol. The Hall–Kier alpha value is -0.980. The molecule has 0 aromatic carbocycles. The third-order valence-corrected chi connectivity index (χ3v) is 19.4. The third-order valence-electron chi connectivity index (χ3n) is 17.7. The number of nitrogens with zero attached hydrogens (tertiary/aromatic N) is 1. The summed E-state index contributed by atoms with van der Waals surface area (Å²) in [6.07, 6.45) is 21.5. The number of alkyl halides is 1. The van der Waals surface area contributed by atoms with Crippen LogP contribution in [-0.4, -0.2) is 62.2 Å². The first kappa shape index (κ1) is 37.3. The lowest BCUT2D eigenvalue weighted by Gasteiger charge is -2.72. The Balaban J connectivity index is 1.11. The number of nitrogens with one attached hydrogen (secondary N) is 1. The highest BCUT2D eigenvalue weighted by Crippen LogP contribution is 2.76. The average Bonchev–Trinajstić information content (AvgIpc) is 3.41. The van der Waals surface area contributed by atoms with Gasteiger partial charge in [0.05, 0.1) is 5.25 Å². The first-order chi connectivity index (χ1) is 23.3. The van der Waals surface area contributed by atoms with E-state index in [1.165, 1.54) is 75.2 Å². The minimum Gasteiger partial charge on any atom is -0.310 e. The monoisotopic (exact) mass is 711 g/mol. The Labute approximate surface area is 305 Å². The molecule has 1 aliphatic heterocycles. The highest BCUT2D eigenvalue weighted by molar-refractivity contribution is 7.91. The van der Waals surface area contributed by atoms with E-state index in [9.17, 15) is 12.8 Å². The fourth-order valence-corrected chi connectivity index (χ4v) is 15.9. The maximum atomic E-state index is 14.8. The molecule has 0 aromatic rings. The van der Waals surface area contributed by atoms with Gasteiger partial charge in [0, 0.05) is 24.9 Å². The minimum atomic E-state index is -2.94. The molecule has 1 N–H and O–H groups in total. The van der Waals surface area contributed by atoms with Crippen LogP contribution in [0.5, 0.6) is 0 Å². The number of rotatable bonds is 7. The molecule has 282 valence electrons. The Morgan fingerprint density at radius 2 is 1.60 bits per heavy atom. The zero-order valence-electron chi connectivity index (χ0n) is 33.1. The van der Waals surface area contributed by atoms with Crippen LogP contribution in [0.15, 0.2) is 35.5 Å². The maximum Gasteiger partial charge on any atom is 0.150 e. The zero-order valence-corrected chi connectivity index (χ0v) is 33.9. The highest BCUT2D eigenvalue weighted by atomic mass is 32.2. The van der Waals surface area contributed by atoms with Gasteiger partial charge in [-0.05, 0) is 179 Å². The Kier molecular flexibility index (Phi) is 9.36. The molecule has 0 spiro atoms. The van der Waals surface area contributed by atoms with Crippen LogP contribution in [0, 0.1) is 51.2 Å². The van der Waals surface area contributed by atoms with Gasteiger partial charge in [-0.15, -0.1) is 0 Å². The number of likely N-dealkylation sites (tertiary alicyclic amines) is 1. The lowest BCUT2D eigenvalue weighted by molar-refractivity contribution is -0.221. The van der Waals surface area contributed by atoms with Gasteiger partial charge in [-0.25, -0.2) is 12.8 Å². The summed E-state index contributed by atoms with van der Waals surface area (Å²) in [7, 11) is -2.94. The molecule has 1 saturated heterocycles. The highest BCUT2D eigenvalue weighted by Gasteiger charge is 2.70. The summed E-state index contributed by atoms with van der Waals surface area (Å²) in [5.41, 5.74) is 4.57. The minimum absolute atomic E-state index is 0.115. The van der Waals surface area contributed by atoms with Gasteiger partial charge in [0.25, 0.3) is 0 Å². The molecule has 0 bridgehead atoms. The summed E-state index contributed by atoms with van der Waals surface area (Å²) in [6, 6.07) is 0. The maximum absolute atomic E-state index is 14.8. The van der Waals surface area contributed by atoms with Crippen molar-refractivity contribution in [2.75, 3.05) is 32.4 Å². The Morgan fingerprint density at radius 1 is 0.880 bits per heavy atom. The third kappa shape index (κ3) is 5.80. The van der Waals surface area contributed by atoms with Gasteiger partial charge in [0.2, 0.25) is 0 Å². The van der Waals surface area contributed by atoms with Crippen LogP contribution < -0.4 is 5.32 Å². The predicted molar refractivity (Wildman–Crippen MR) is 206 cm³/mol. The number of halogens is 1. The van der Waals surface area contributed by atoms with Gasteiger partial charge in [-0.1, -0.05) is 58.9 Å². The summed E-state index contributed by atoms with van der Waals surface area (Å²) in [5, 5.41) is 4.11. The quantitative estimate of drug-likeness (QED) is 0.267. The van der Waals surface area contributed by atoms with Gasteiger partial charge in [0.1, 0.15) is 15.5 Å². The van der Waals surface area contributed by atoms with Crippen LogP contribution in [0.25, 0.3) is 0 Å². The first-order valence-corrected chi connectivity index (χ1v) is 22.6. The molecule has 7 aliphatic rings. The predicted octanol–water partition coefficient (Wildman–Crippen LogP) is 9.87. The molecule has 50 heavy (non-hydrogen) atoms. The second-order valence-electron chi connectivity index (χ2n) is 20.5. The number of sulfone groups is 1. The van der Waals surface area contributed by atoms with Crippen LogP contribution >= 0.6 is 0 Å². The standard InChI is InChI=1S/C44H71FN2O2S/c1-30(2)33-14-23-44(46-26-29-47-27-17-32(18-28-47)50(9,48)49)25-24-42(7)35(38(33)44)10-11-37-41(6)21-15-34(31-12-19-40(5,45)20-13-31)39(3,4)36(41)16-22-43(37,42)8/h12,15,32-33,35-38,46H,1,10-11,13-14,16-29H2,2-9H3/t33-,35+,36-,37+,38+,40?,41-,42+,43+,44-/m0/s1. The number of hydrogen-bond acceptors (Lipinski definition) is 4. The van der Waals surface area contributed by atoms with Crippen molar-refractivity contribution in [2.24, 2.45) is 51.2 Å². The fourth-order valence-electron chi connectivity index (χ4n) is 14.8. The van der Waals surface area contributed by atoms with Crippen LogP contribution in [0.1, 0.15) is 138 Å². The van der Waals surface area contributed by atoms with E-state index in [0.717, 1.165) is 51.4 Å². The normalized spacial score (nSPS) is 46.5. The van der Waals surface area contributed by atoms with Crippen molar-refractivity contribution in [1.29, 1.82) is 0 Å². The van der Waals surface area contributed by atoms with Crippen molar-refractivity contribution >= 4 is 9.84 Å². The van der Waals surface area contributed by atoms with Crippen molar-refractivity contribution in [3.63, 3.8) is 0 Å². The molecule has 4 saturated carbocycles. The molecule has 7 rings (SSSR count). The van der Waals surface area contributed by atoms with E-state index < -0.39 is 15.5 Å². The SMILES string of the molecule is C=C(C)[C@@H]1CC[C@]2(NCCN3CCC(S(C)(=O)=O)CC3)CC[C@]3(C)[C@H](CC[C@@H]4[C@@]5(C)CC=C(C6=CCC(C)(F)CC6)C(C)(C)[C@@H]5CC[C@]43C)[C@@H]12. The molecular formula is C44H71FN2O2S. The van der Waals surface area contributed by atoms with Gasteiger partial charge in [-0.3, -0.25) is 0 Å². The molecule has 0 amide bonds. The summed E-state index contributed by atoms with van der Waals surface area (Å²) >= 11 is 0. The molecule has 4 nitrogen and oxygen atoms in total. The van der Waals surface area contributed by atoms with E-state index in [4.69, 9.17) is 0 Å². The van der Waals surface area contributed by atoms with E-state index in [1.54, 1.807) is 12.5 Å². The largest absolute Gasteiger partial charge is 0.310 e. The van der Waals surface area contributed by atoms with Crippen molar-refractivity contribution in [3.8, 4) is 0 Å². The molecule has 0 aromatic heterocycles. The lowest BCUT2D eigenvalue weighted by atomic mass is 9.33. The topological polar surface area (TPSA) is 49.4 Å². The smallest absolute Gasteiger partial charge is 0.150 e. The van der Waals surface area contributed by atoms with E-state index >= 15 is 0 Å². The molecule has 10 atom stereocenters. The van der Waals surface area contributed by atoms with Gasteiger partial charge in [-0.2, -0.15) is 0 Å². The second kappa shape index (κ2) is 12.5. The summed E-state index contributed by atoms with van der Waals surface area (Å²) < 4.78 is 39.1. The van der Waals surface area contributed by atoms with Gasteiger partial charge >= 0.3 is 0 Å². The number of hydrogen-bond donors (Lipinski definition) is 1. The van der Waals surface area contributed by atoms with E-state index in [0.29, 0.717) is 52.8 Å². The van der Waals surface area contributed by atoms with Crippen molar-refractivity contribution < 1.29 is 12.8 Å². The molecule has 1 heterocycles. The first-order valence-electron chi connectivity index (χ1n) is 20.7. The molecular weight excluding hydrogens is 640 g/mol. The van der Waals surface area contributed by atoms with Crippen LogP contribution in [-0.2, 0) is 9.84 Å². The van der Waals surface area contributed by atoms with Crippen LogP contribution in [0.4, 0.5) is 4.39 Å². The molecule has 1 unspecified atom stereocenters. The zero-order chi connectivity index (χ0) is 36.1. The van der Waals surface area contributed by atoms with Crippen LogP contribution in [0.3, 0.4) is 0 Å². The molecule has 0 radical (unpaired) electrons. The number of fused-ring (bicyclic) bond motifs is 7. The second-order valence-corrected chi connectivity index (χ2v) is 22.9. The summed E-state index contributed by atoms with van der Waals surface area (Å²) in [4.78, 5) is 2.50. The van der Waals surface area contributed by atoms with Gasteiger partial charge in [0.15, 0.2) is 0 Å². The van der Waals surface area contributed by atoms with E-state index in [-0.39, 0.29) is 16.2 Å². The molecule has 5 fully saturated rings.